The van der Waals surface area contributed by atoms with E-state index >= 15 is 0 Å². The van der Waals surface area contributed by atoms with Gasteiger partial charge in [-0.15, -0.1) is 11.3 Å². The quantitative estimate of drug-likeness (QED) is 0.788. The normalized spacial score (nSPS) is 15.5. The standard InChI is InChI=1S/C22H27N3O2S/c1-4-24-9-11-25(12-10-24)22(27)20(15-19-6-5-13-28-19)23-21(26)18-8-7-16(2)17(3)14-18/h5-8,13-15H,4,9-12H2,1-3H3,(H,23,26)/b20-15+. The zero-order valence-electron chi connectivity index (χ0n) is 16.7. The summed E-state index contributed by atoms with van der Waals surface area (Å²) in [5.41, 5.74) is 3.08. The molecule has 0 unspecified atom stereocenters. The number of likely N-dealkylation sites (N-methyl/N-ethyl adjacent to an activating group) is 1. The zero-order chi connectivity index (χ0) is 20.1. The lowest BCUT2D eigenvalue weighted by molar-refractivity contribution is -0.129. The SMILES string of the molecule is CCN1CCN(C(=O)/C(=C\c2cccs2)NC(=O)c2ccc(C)c(C)c2)CC1. The van der Waals surface area contributed by atoms with E-state index in [2.05, 4.69) is 17.1 Å². The summed E-state index contributed by atoms with van der Waals surface area (Å²) < 4.78 is 0. The van der Waals surface area contributed by atoms with Gasteiger partial charge in [-0.2, -0.15) is 0 Å². The summed E-state index contributed by atoms with van der Waals surface area (Å²) in [4.78, 5) is 31.0. The highest BCUT2D eigenvalue weighted by molar-refractivity contribution is 7.10. The lowest BCUT2D eigenvalue weighted by atomic mass is 10.1. The molecule has 28 heavy (non-hydrogen) atoms. The second kappa shape index (κ2) is 9.17. The van der Waals surface area contributed by atoms with Gasteiger partial charge in [0.2, 0.25) is 0 Å². The minimum absolute atomic E-state index is 0.124. The first-order valence-electron chi connectivity index (χ1n) is 9.63. The molecule has 0 spiro atoms. The van der Waals surface area contributed by atoms with Gasteiger partial charge in [0.1, 0.15) is 5.70 Å². The number of piperazine rings is 1. The number of benzene rings is 1. The minimum Gasteiger partial charge on any atom is -0.335 e. The molecule has 3 rings (SSSR count). The van der Waals surface area contributed by atoms with E-state index in [0.29, 0.717) is 24.4 Å². The first-order valence-corrected chi connectivity index (χ1v) is 10.5. The summed E-state index contributed by atoms with van der Waals surface area (Å²) in [6, 6.07) is 9.46. The van der Waals surface area contributed by atoms with Crippen LogP contribution in [-0.4, -0.2) is 54.3 Å². The van der Waals surface area contributed by atoms with Gasteiger partial charge >= 0.3 is 0 Å². The predicted octanol–water partition coefficient (Wildman–Crippen LogP) is 3.30. The molecule has 2 heterocycles. The average molecular weight is 398 g/mol. The van der Waals surface area contributed by atoms with E-state index < -0.39 is 0 Å². The van der Waals surface area contributed by atoms with E-state index in [9.17, 15) is 9.59 Å². The number of carbonyl (C=O) groups is 2. The average Bonchev–Trinajstić information content (AvgIpc) is 3.22. The Morgan fingerprint density at radius 2 is 1.86 bits per heavy atom. The summed E-state index contributed by atoms with van der Waals surface area (Å²) in [7, 11) is 0. The molecule has 1 aromatic carbocycles. The molecule has 2 amide bonds. The number of rotatable bonds is 5. The number of hydrogen-bond acceptors (Lipinski definition) is 4. The number of hydrogen-bond donors (Lipinski definition) is 1. The molecule has 0 saturated carbocycles. The van der Waals surface area contributed by atoms with Crippen LogP contribution >= 0.6 is 11.3 Å². The van der Waals surface area contributed by atoms with E-state index in [1.54, 1.807) is 12.1 Å². The van der Waals surface area contributed by atoms with Gasteiger partial charge in [-0.25, -0.2) is 0 Å². The molecule has 1 aromatic heterocycles. The van der Waals surface area contributed by atoms with Gasteiger partial charge < -0.3 is 15.1 Å². The molecule has 6 heteroatoms. The van der Waals surface area contributed by atoms with Crippen LogP contribution in [0.15, 0.2) is 41.4 Å². The van der Waals surface area contributed by atoms with E-state index in [1.807, 2.05) is 48.4 Å². The molecule has 0 radical (unpaired) electrons. The molecule has 1 aliphatic heterocycles. The largest absolute Gasteiger partial charge is 0.335 e. The van der Waals surface area contributed by atoms with Crippen LogP contribution in [0, 0.1) is 13.8 Å². The molecule has 1 aliphatic rings. The fraction of sp³-hybridized carbons (Fsp3) is 0.364. The lowest BCUT2D eigenvalue weighted by Gasteiger charge is -2.34. The molecule has 5 nitrogen and oxygen atoms in total. The van der Waals surface area contributed by atoms with Gasteiger partial charge in [-0.1, -0.05) is 19.1 Å². The highest BCUT2D eigenvalue weighted by atomic mass is 32.1. The first-order chi connectivity index (χ1) is 13.5. The summed E-state index contributed by atoms with van der Waals surface area (Å²) in [6.07, 6.45) is 1.78. The number of aryl methyl sites for hydroxylation is 2. The Kier molecular flexibility index (Phi) is 6.65. The number of carbonyl (C=O) groups excluding carboxylic acids is 2. The minimum atomic E-state index is -0.258. The van der Waals surface area contributed by atoms with Crippen molar-refractivity contribution < 1.29 is 9.59 Å². The van der Waals surface area contributed by atoms with E-state index in [1.165, 1.54) is 11.3 Å². The zero-order valence-corrected chi connectivity index (χ0v) is 17.5. The third-order valence-corrected chi connectivity index (χ3v) is 6.00. The van der Waals surface area contributed by atoms with Gasteiger partial charge in [0.25, 0.3) is 11.8 Å². The Bertz CT molecular complexity index is 866. The third kappa shape index (κ3) is 4.88. The maximum Gasteiger partial charge on any atom is 0.270 e. The molecular weight excluding hydrogens is 370 g/mol. The van der Waals surface area contributed by atoms with E-state index in [0.717, 1.165) is 35.6 Å². The van der Waals surface area contributed by atoms with Crippen molar-refractivity contribution in [3.63, 3.8) is 0 Å². The molecule has 0 aliphatic carbocycles. The van der Waals surface area contributed by atoms with Gasteiger partial charge in [-0.05, 0) is 61.2 Å². The molecule has 148 valence electrons. The van der Waals surface area contributed by atoms with Gasteiger partial charge in [-0.3, -0.25) is 9.59 Å². The van der Waals surface area contributed by atoms with Crippen molar-refractivity contribution in [1.29, 1.82) is 0 Å². The van der Waals surface area contributed by atoms with Crippen molar-refractivity contribution in [2.45, 2.75) is 20.8 Å². The highest BCUT2D eigenvalue weighted by Crippen LogP contribution is 2.16. The van der Waals surface area contributed by atoms with Crippen LogP contribution in [-0.2, 0) is 4.79 Å². The fourth-order valence-corrected chi connectivity index (χ4v) is 3.84. The maximum atomic E-state index is 13.1. The Hall–Kier alpha value is -2.44. The molecule has 1 fully saturated rings. The van der Waals surface area contributed by atoms with Crippen molar-refractivity contribution in [3.8, 4) is 0 Å². The number of nitrogens with zero attached hydrogens (tertiary/aromatic N) is 2. The van der Waals surface area contributed by atoms with E-state index in [-0.39, 0.29) is 11.8 Å². The van der Waals surface area contributed by atoms with Crippen molar-refractivity contribution in [3.05, 3.63) is 63.0 Å². The summed E-state index contributed by atoms with van der Waals surface area (Å²) in [6.45, 7) is 10.2. The van der Waals surface area contributed by atoms with Crippen molar-refractivity contribution in [2.24, 2.45) is 0 Å². The predicted molar refractivity (Wildman–Crippen MR) is 114 cm³/mol. The highest BCUT2D eigenvalue weighted by Gasteiger charge is 2.24. The smallest absolute Gasteiger partial charge is 0.270 e. The number of amides is 2. The molecule has 0 atom stereocenters. The van der Waals surface area contributed by atoms with Crippen LogP contribution in [0.25, 0.3) is 6.08 Å². The van der Waals surface area contributed by atoms with Crippen LogP contribution in [0.4, 0.5) is 0 Å². The second-order valence-electron chi connectivity index (χ2n) is 7.05. The number of thiophene rings is 1. The molecular formula is C22H27N3O2S. The van der Waals surface area contributed by atoms with Crippen LogP contribution < -0.4 is 5.32 Å². The Balaban J connectivity index is 1.80. The molecule has 1 N–H and O–H groups in total. The summed E-state index contributed by atoms with van der Waals surface area (Å²) >= 11 is 1.54. The van der Waals surface area contributed by atoms with Crippen LogP contribution in [0.3, 0.4) is 0 Å². The second-order valence-corrected chi connectivity index (χ2v) is 8.03. The van der Waals surface area contributed by atoms with Gasteiger partial charge in [0.15, 0.2) is 0 Å². The monoisotopic (exact) mass is 397 g/mol. The van der Waals surface area contributed by atoms with Gasteiger partial charge in [0, 0.05) is 36.6 Å². The van der Waals surface area contributed by atoms with Gasteiger partial charge in [0.05, 0.1) is 0 Å². The van der Waals surface area contributed by atoms with E-state index in [4.69, 9.17) is 0 Å². The molecule has 0 bridgehead atoms. The first kappa shape index (κ1) is 20.3. The van der Waals surface area contributed by atoms with Crippen molar-refractivity contribution in [1.82, 2.24) is 15.1 Å². The van der Waals surface area contributed by atoms with Crippen LogP contribution in [0.5, 0.6) is 0 Å². The lowest BCUT2D eigenvalue weighted by Crippen LogP contribution is -2.50. The Labute approximate surface area is 170 Å². The summed E-state index contributed by atoms with van der Waals surface area (Å²) in [5.74, 6) is -0.382. The topological polar surface area (TPSA) is 52.6 Å². The van der Waals surface area contributed by atoms with Crippen molar-refractivity contribution >= 4 is 29.2 Å². The Morgan fingerprint density at radius 3 is 2.46 bits per heavy atom. The maximum absolute atomic E-state index is 13.1. The van der Waals surface area contributed by atoms with Crippen LogP contribution in [0.2, 0.25) is 0 Å². The molecule has 1 saturated heterocycles. The fourth-order valence-electron chi connectivity index (χ4n) is 3.18. The number of nitrogens with one attached hydrogen (secondary N) is 1. The third-order valence-electron chi connectivity index (χ3n) is 5.18. The van der Waals surface area contributed by atoms with Crippen LogP contribution in [0.1, 0.15) is 33.3 Å². The molecule has 2 aromatic rings. The summed E-state index contributed by atoms with van der Waals surface area (Å²) in [5, 5.41) is 4.82. The van der Waals surface area contributed by atoms with Crippen molar-refractivity contribution in [2.75, 3.05) is 32.7 Å². The Morgan fingerprint density at radius 1 is 1.11 bits per heavy atom.